The number of nitrogens with zero attached hydrogens (tertiary/aromatic N) is 1. The fourth-order valence-corrected chi connectivity index (χ4v) is 4.51. The second kappa shape index (κ2) is 13.3. The van der Waals surface area contributed by atoms with Crippen LogP contribution < -0.4 is 10.1 Å². The van der Waals surface area contributed by atoms with E-state index in [0.717, 1.165) is 5.56 Å². The quantitative estimate of drug-likeness (QED) is 0.222. The van der Waals surface area contributed by atoms with Crippen molar-refractivity contribution >= 4 is 46.6 Å². The zero-order chi connectivity index (χ0) is 26.9. The van der Waals surface area contributed by atoms with Crippen molar-refractivity contribution in [2.45, 2.75) is 19.1 Å². The van der Waals surface area contributed by atoms with E-state index in [9.17, 15) is 9.59 Å². The summed E-state index contributed by atoms with van der Waals surface area (Å²) in [7, 11) is 0. The highest BCUT2D eigenvalue weighted by molar-refractivity contribution is 6.35. The van der Waals surface area contributed by atoms with Gasteiger partial charge in [-0.3, -0.25) is 9.59 Å². The second-order valence-corrected chi connectivity index (χ2v) is 9.80. The molecule has 0 heterocycles. The fourth-order valence-electron chi connectivity index (χ4n) is 3.91. The molecule has 8 heteroatoms. The summed E-state index contributed by atoms with van der Waals surface area (Å²) < 4.78 is 5.75. The zero-order valence-corrected chi connectivity index (χ0v) is 22.6. The molecule has 0 saturated carbocycles. The van der Waals surface area contributed by atoms with Crippen LogP contribution in [0.2, 0.25) is 15.1 Å². The number of carbonyl (C=O) groups excluding carboxylic acids is 2. The van der Waals surface area contributed by atoms with E-state index in [1.165, 1.54) is 4.90 Å². The molecule has 1 atom stereocenters. The van der Waals surface area contributed by atoms with Gasteiger partial charge in [-0.25, -0.2) is 0 Å². The maximum atomic E-state index is 13.7. The number of para-hydroxylation sites is 1. The van der Waals surface area contributed by atoms with Crippen molar-refractivity contribution in [3.8, 4) is 5.75 Å². The Kier molecular flexibility index (Phi) is 9.66. The third-order valence-electron chi connectivity index (χ3n) is 5.84. The maximum absolute atomic E-state index is 13.7. The van der Waals surface area contributed by atoms with E-state index < -0.39 is 6.04 Å². The van der Waals surface area contributed by atoms with Crippen LogP contribution >= 0.6 is 34.8 Å². The van der Waals surface area contributed by atoms with E-state index in [1.807, 2.05) is 60.7 Å². The van der Waals surface area contributed by atoms with Gasteiger partial charge in [-0.2, -0.15) is 0 Å². The van der Waals surface area contributed by atoms with Crippen molar-refractivity contribution in [2.75, 3.05) is 6.61 Å². The van der Waals surface area contributed by atoms with Crippen LogP contribution in [0.3, 0.4) is 0 Å². The molecule has 0 aliphatic heterocycles. The number of hydrogen-bond acceptors (Lipinski definition) is 3. The SMILES string of the molecule is O=C(NCc1ccc(Cl)cc1Cl)C(c1ccccc1)N(Cc1ccc(Cl)cc1)C(=O)COc1ccccc1. The molecule has 0 bridgehead atoms. The van der Waals surface area contributed by atoms with E-state index in [4.69, 9.17) is 39.5 Å². The summed E-state index contributed by atoms with van der Waals surface area (Å²) in [5.41, 5.74) is 2.19. The third-order valence-corrected chi connectivity index (χ3v) is 6.67. The van der Waals surface area contributed by atoms with Gasteiger partial charge in [0.2, 0.25) is 5.91 Å². The van der Waals surface area contributed by atoms with E-state index in [2.05, 4.69) is 5.32 Å². The zero-order valence-electron chi connectivity index (χ0n) is 20.3. The largest absolute Gasteiger partial charge is 0.484 e. The Morgan fingerprint density at radius 3 is 2.08 bits per heavy atom. The van der Waals surface area contributed by atoms with Crippen LogP contribution in [0.1, 0.15) is 22.7 Å². The van der Waals surface area contributed by atoms with Gasteiger partial charge in [0.05, 0.1) is 0 Å². The van der Waals surface area contributed by atoms with Gasteiger partial charge in [0, 0.05) is 28.2 Å². The lowest BCUT2D eigenvalue weighted by Crippen LogP contribution is -2.45. The summed E-state index contributed by atoms with van der Waals surface area (Å²) in [6.07, 6.45) is 0. The lowest BCUT2D eigenvalue weighted by atomic mass is 10.0. The van der Waals surface area contributed by atoms with Crippen LogP contribution in [0.5, 0.6) is 5.75 Å². The Morgan fingerprint density at radius 2 is 1.42 bits per heavy atom. The first-order valence-electron chi connectivity index (χ1n) is 11.9. The van der Waals surface area contributed by atoms with E-state index in [0.29, 0.717) is 31.9 Å². The number of ether oxygens (including phenoxy) is 1. The monoisotopic (exact) mass is 566 g/mol. The molecule has 4 aromatic rings. The van der Waals surface area contributed by atoms with Gasteiger partial charge < -0.3 is 15.0 Å². The molecule has 0 fully saturated rings. The van der Waals surface area contributed by atoms with Crippen LogP contribution in [0.25, 0.3) is 0 Å². The molecule has 0 spiro atoms. The molecule has 0 radical (unpaired) electrons. The van der Waals surface area contributed by atoms with E-state index in [-0.39, 0.29) is 31.5 Å². The first kappa shape index (κ1) is 27.5. The standard InChI is InChI=1S/C30H25Cl3N2O3/c31-24-14-11-21(12-15-24)19-35(28(36)20-38-26-9-5-2-6-10-26)29(22-7-3-1-4-8-22)30(37)34-18-23-13-16-25(32)17-27(23)33/h1-17,29H,18-20H2,(H,34,37). The minimum Gasteiger partial charge on any atom is -0.484 e. The summed E-state index contributed by atoms with van der Waals surface area (Å²) in [6.45, 7) is 0.0989. The molecule has 0 aliphatic carbocycles. The summed E-state index contributed by atoms with van der Waals surface area (Å²) in [5, 5.41) is 4.47. The van der Waals surface area contributed by atoms with Gasteiger partial charge in [-0.1, -0.05) is 102 Å². The van der Waals surface area contributed by atoms with Crippen LogP contribution in [0, 0.1) is 0 Å². The molecule has 1 N–H and O–H groups in total. The first-order chi connectivity index (χ1) is 18.4. The predicted octanol–water partition coefficient (Wildman–Crippen LogP) is 7.11. The number of hydrogen-bond donors (Lipinski definition) is 1. The molecular weight excluding hydrogens is 543 g/mol. The molecule has 2 amide bonds. The number of halogens is 3. The van der Waals surface area contributed by atoms with Gasteiger partial charge in [0.25, 0.3) is 5.91 Å². The molecule has 0 aliphatic rings. The first-order valence-corrected chi connectivity index (χ1v) is 13.0. The molecular formula is C30H25Cl3N2O3. The van der Waals surface area contributed by atoms with Gasteiger partial charge in [0.1, 0.15) is 11.8 Å². The summed E-state index contributed by atoms with van der Waals surface area (Å²) in [5.74, 6) is -0.146. The van der Waals surface area contributed by atoms with Gasteiger partial charge in [0.15, 0.2) is 6.61 Å². The fraction of sp³-hybridized carbons (Fsp3) is 0.133. The normalized spacial score (nSPS) is 11.4. The molecule has 194 valence electrons. The van der Waals surface area contributed by atoms with Gasteiger partial charge >= 0.3 is 0 Å². The maximum Gasteiger partial charge on any atom is 0.261 e. The Hall–Kier alpha value is -3.51. The van der Waals surface area contributed by atoms with Crippen molar-refractivity contribution < 1.29 is 14.3 Å². The molecule has 0 saturated heterocycles. The average Bonchev–Trinajstić information content (AvgIpc) is 2.93. The number of amides is 2. The third kappa shape index (κ3) is 7.51. The second-order valence-electron chi connectivity index (χ2n) is 8.52. The molecule has 38 heavy (non-hydrogen) atoms. The Balaban J connectivity index is 1.63. The van der Waals surface area contributed by atoms with Crippen LogP contribution in [0.15, 0.2) is 103 Å². The predicted molar refractivity (Wildman–Crippen MR) is 151 cm³/mol. The number of carbonyl (C=O) groups is 2. The summed E-state index contributed by atoms with van der Waals surface area (Å²) in [4.78, 5) is 28.9. The topological polar surface area (TPSA) is 58.6 Å². The average molecular weight is 568 g/mol. The van der Waals surface area contributed by atoms with Crippen molar-refractivity contribution in [1.82, 2.24) is 10.2 Å². The van der Waals surface area contributed by atoms with Gasteiger partial charge in [-0.15, -0.1) is 0 Å². The minimum absolute atomic E-state index is 0.168. The van der Waals surface area contributed by atoms with Crippen molar-refractivity contribution in [2.24, 2.45) is 0 Å². The van der Waals surface area contributed by atoms with Gasteiger partial charge in [-0.05, 0) is 53.1 Å². The number of benzene rings is 4. The van der Waals surface area contributed by atoms with Crippen molar-refractivity contribution in [3.05, 3.63) is 135 Å². The van der Waals surface area contributed by atoms with E-state index in [1.54, 1.807) is 42.5 Å². The van der Waals surface area contributed by atoms with Crippen LogP contribution in [-0.4, -0.2) is 23.3 Å². The molecule has 0 aromatic heterocycles. The van der Waals surface area contributed by atoms with Crippen molar-refractivity contribution in [3.63, 3.8) is 0 Å². The smallest absolute Gasteiger partial charge is 0.261 e. The number of nitrogens with one attached hydrogen (secondary N) is 1. The Bertz CT molecular complexity index is 1370. The highest BCUT2D eigenvalue weighted by Crippen LogP contribution is 2.26. The highest BCUT2D eigenvalue weighted by atomic mass is 35.5. The van der Waals surface area contributed by atoms with Crippen LogP contribution in [0.4, 0.5) is 0 Å². The minimum atomic E-state index is -0.926. The lowest BCUT2D eigenvalue weighted by molar-refractivity contribution is -0.143. The molecule has 1 unspecified atom stereocenters. The Morgan fingerprint density at radius 1 is 0.789 bits per heavy atom. The van der Waals surface area contributed by atoms with Crippen molar-refractivity contribution in [1.29, 1.82) is 0 Å². The molecule has 4 rings (SSSR count). The lowest BCUT2D eigenvalue weighted by Gasteiger charge is -2.31. The summed E-state index contributed by atoms with van der Waals surface area (Å²) >= 11 is 18.4. The highest BCUT2D eigenvalue weighted by Gasteiger charge is 2.32. The van der Waals surface area contributed by atoms with Crippen LogP contribution in [-0.2, 0) is 22.7 Å². The molecule has 4 aromatic carbocycles. The molecule has 5 nitrogen and oxygen atoms in total. The Labute approximate surface area is 236 Å². The summed E-state index contributed by atoms with van der Waals surface area (Å²) in [6, 6.07) is 29.5. The number of rotatable bonds is 10. The van der Waals surface area contributed by atoms with E-state index >= 15 is 0 Å².